The molecule has 6 heteroatoms. The zero-order valence-electron chi connectivity index (χ0n) is 9.85. The van der Waals surface area contributed by atoms with E-state index in [9.17, 15) is 13.2 Å². The van der Waals surface area contributed by atoms with Crippen LogP contribution in [0.1, 0.15) is 36.9 Å². The van der Waals surface area contributed by atoms with E-state index in [4.69, 9.17) is 0 Å². The number of hydrogen-bond acceptors (Lipinski definition) is 3. The third-order valence-corrected chi connectivity index (χ3v) is 3.78. The van der Waals surface area contributed by atoms with Crippen LogP contribution >= 0.6 is 0 Å². The van der Waals surface area contributed by atoms with Gasteiger partial charge in [-0.15, -0.1) is 0 Å². The molecule has 1 heterocycles. The maximum Gasteiger partial charge on any atom is 0.411 e. The number of rotatable bonds is 2. The fourth-order valence-electron chi connectivity index (χ4n) is 2.46. The Morgan fingerprint density at radius 2 is 1.83 bits per heavy atom. The molecule has 0 saturated heterocycles. The minimum atomic E-state index is -4.21. The van der Waals surface area contributed by atoms with Crippen LogP contribution in [0.25, 0.3) is 0 Å². The molecule has 0 spiro atoms. The second-order valence-electron chi connectivity index (χ2n) is 5.06. The van der Waals surface area contributed by atoms with Crippen LogP contribution in [0.5, 0.6) is 0 Å². The third kappa shape index (κ3) is 1.83. The van der Waals surface area contributed by atoms with Crippen molar-refractivity contribution in [2.75, 3.05) is 5.32 Å². The first-order valence-electron chi connectivity index (χ1n) is 6.19. The molecule has 1 saturated carbocycles. The van der Waals surface area contributed by atoms with Crippen LogP contribution in [-0.4, -0.2) is 21.7 Å². The van der Waals surface area contributed by atoms with Crippen LogP contribution in [0.3, 0.4) is 0 Å². The first-order valence-corrected chi connectivity index (χ1v) is 6.19. The SMILES string of the molecule is FC(F)(F)C1(Nc2ncnc3c2CCCC3)CC1. The van der Waals surface area contributed by atoms with Crippen LogP contribution in [0.4, 0.5) is 19.0 Å². The van der Waals surface area contributed by atoms with Gasteiger partial charge in [0.25, 0.3) is 0 Å². The number of nitrogens with zero attached hydrogens (tertiary/aromatic N) is 2. The number of anilines is 1. The number of nitrogens with one attached hydrogen (secondary N) is 1. The largest absolute Gasteiger partial charge is 0.411 e. The van der Waals surface area contributed by atoms with E-state index < -0.39 is 11.7 Å². The Labute approximate surface area is 103 Å². The second-order valence-corrected chi connectivity index (χ2v) is 5.06. The summed E-state index contributed by atoms with van der Waals surface area (Å²) in [5, 5.41) is 2.62. The molecule has 18 heavy (non-hydrogen) atoms. The molecule has 1 aromatic heterocycles. The van der Waals surface area contributed by atoms with Gasteiger partial charge >= 0.3 is 6.18 Å². The predicted molar refractivity (Wildman–Crippen MR) is 60.3 cm³/mol. The van der Waals surface area contributed by atoms with E-state index in [-0.39, 0.29) is 12.8 Å². The molecule has 98 valence electrons. The summed E-state index contributed by atoms with van der Waals surface area (Å²) in [4.78, 5) is 8.17. The monoisotopic (exact) mass is 257 g/mol. The van der Waals surface area contributed by atoms with E-state index >= 15 is 0 Å². The summed E-state index contributed by atoms with van der Waals surface area (Å²) in [6.45, 7) is 0. The van der Waals surface area contributed by atoms with E-state index in [2.05, 4.69) is 15.3 Å². The van der Waals surface area contributed by atoms with Crippen molar-refractivity contribution in [2.24, 2.45) is 0 Å². The van der Waals surface area contributed by atoms with Crippen molar-refractivity contribution in [1.29, 1.82) is 0 Å². The quantitative estimate of drug-likeness (QED) is 0.885. The van der Waals surface area contributed by atoms with Crippen molar-refractivity contribution >= 4 is 5.82 Å². The Balaban J connectivity index is 1.90. The van der Waals surface area contributed by atoms with Crippen molar-refractivity contribution in [3.8, 4) is 0 Å². The summed E-state index contributed by atoms with van der Waals surface area (Å²) in [6, 6.07) is 0. The molecule has 3 nitrogen and oxygen atoms in total. The highest BCUT2D eigenvalue weighted by molar-refractivity contribution is 5.51. The fourth-order valence-corrected chi connectivity index (χ4v) is 2.46. The summed E-state index contributed by atoms with van der Waals surface area (Å²) in [5.74, 6) is 0.384. The molecule has 0 aromatic carbocycles. The van der Waals surface area contributed by atoms with Crippen LogP contribution in [-0.2, 0) is 12.8 Å². The van der Waals surface area contributed by atoms with Gasteiger partial charge < -0.3 is 5.32 Å². The fraction of sp³-hybridized carbons (Fsp3) is 0.667. The lowest BCUT2D eigenvalue weighted by molar-refractivity contribution is -0.151. The molecule has 0 atom stereocenters. The lowest BCUT2D eigenvalue weighted by Crippen LogP contribution is -2.39. The molecule has 1 fully saturated rings. The number of hydrogen-bond donors (Lipinski definition) is 1. The maximum absolute atomic E-state index is 12.9. The molecule has 2 aliphatic rings. The molecule has 1 aromatic rings. The van der Waals surface area contributed by atoms with Crippen molar-refractivity contribution in [1.82, 2.24) is 9.97 Å². The molecule has 0 amide bonds. The Bertz CT molecular complexity index is 466. The number of aromatic nitrogens is 2. The van der Waals surface area contributed by atoms with E-state index in [0.717, 1.165) is 36.9 Å². The first-order chi connectivity index (χ1) is 8.52. The molecular weight excluding hydrogens is 243 g/mol. The van der Waals surface area contributed by atoms with Crippen LogP contribution < -0.4 is 5.32 Å². The average molecular weight is 257 g/mol. The molecule has 1 N–H and O–H groups in total. The average Bonchev–Trinajstić information content (AvgIpc) is 3.10. The second kappa shape index (κ2) is 3.83. The van der Waals surface area contributed by atoms with Gasteiger partial charge in [-0.25, -0.2) is 9.97 Å². The Morgan fingerprint density at radius 1 is 1.11 bits per heavy atom. The van der Waals surface area contributed by atoms with Gasteiger partial charge in [0.2, 0.25) is 0 Å². The van der Waals surface area contributed by atoms with Crippen molar-refractivity contribution < 1.29 is 13.2 Å². The van der Waals surface area contributed by atoms with Gasteiger partial charge in [0, 0.05) is 11.3 Å². The van der Waals surface area contributed by atoms with Gasteiger partial charge in [0.05, 0.1) is 0 Å². The zero-order valence-corrected chi connectivity index (χ0v) is 9.85. The molecule has 0 unspecified atom stereocenters. The molecule has 0 bridgehead atoms. The zero-order chi connectivity index (χ0) is 12.8. The van der Waals surface area contributed by atoms with Crippen molar-refractivity contribution in [2.45, 2.75) is 50.2 Å². The number of alkyl halides is 3. The summed E-state index contributed by atoms with van der Waals surface area (Å²) in [5.41, 5.74) is 0.0306. The highest BCUT2D eigenvalue weighted by Crippen LogP contribution is 2.51. The number of aryl methyl sites for hydroxylation is 1. The highest BCUT2D eigenvalue weighted by atomic mass is 19.4. The Hall–Kier alpha value is -1.33. The maximum atomic E-state index is 12.9. The van der Waals surface area contributed by atoms with Gasteiger partial charge in [0.15, 0.2) is 0 Å². The summed E-state index contributed by atoms with van der Waals surface area (Å²) in [6.07, 6.45) is 1.07. The lowest BCUT2D eigenvalue weighted by Gasteiger charge is -2.24. The van der Waals surface area contributed by atoms with Gasteiger partial charge in [-0.1, -0.05) is 0 Å². The van der Waals surface area contributed by atoms with E-state index in [1.165, 1.54) is 6.33 Å². The Kier molecular flexibility index (Phi) is 2.50. The first kappa shape index (κ1) is 11.7. The number of halogens is 3. The Morgan fingerprint density at radius 3 is 2.50 bits per heavy atom. The third-order valence-electron chi connectivity index (χ3n) is 3.78. The molecule has 0 aliphatic heterocycles. The van der Waals surface area contributed by atoms with Gasteiger partial charge in [-0.2, -0.15) is 13.2 Å². The molecule has 0 radical (unpaired) electrons. The minimum absolute atomic E-state index is 0.134. The normalized spacial score (nSPS) is 21.3. The van der Waals surface area contributed by atoms with Crippen molar-refractivity contribution in [3.63, 3.8) is 0 Å². The number of fused-ring (bicyclic) bond motifs is 1. The topological polar surface area (TPSA) is 37.8 Å². The predicted octanol–water partition coefficient (Wildman–Crippen LogP) is 2.86. The van der Waals surface area contributed by atoms with Crippen molar-refractivity contribution in [3.05, 3.63) is 17.6 Å². The molecule has 2 aliphatic carbocycles. The standard InChI is InChI=1S/C12H14F3N3/c13-12(14,15)11(5-6-11)18-10-8-3-1-2-4-9(8)16-7-17-10/h7H,1-6H2,(H,16,17,18). The highest BCUT2D eigenvalue weighted by Gasteiger charge is 2.63. The summed E-state index contributed by atoms with van der Waals surface area (Å²) in [7, 11) is 0. The van der Waals surface area contributed by atoms with E-state index in [1.807, 2.05) is 0 Å². The van der Waals surface area contributed by atoms with Gasteiger partial charge in [-0.05, 0) is 38.5 Å². The summed E-state index contributed by atoms with van der Waals surface area (Å²) < 4.78 is 38.7. The van der Waals surface area contributed by atoms with Gasteiger partial charge in [-0.3, -0.25) is 0 Å². The summed E-state index contributed by atoms with van der Waals surface area (Å²) >= 11 is 0. The van der Waals surface area contributed by atoms with Crippen LogP contribution in [0.2, 0.25) is 0 Å². The van der Waals surface area contributed by atoms with Gasteiger partial charge in [0.1, 0.15) is 17.7 Å². The smallest absolute Gasteiger partial charge is 0.356 e. The minimum Gasteiger partial charge on any atom is -0.356 e. The van der Waals surface area contributed by atoms with Crippen LogP contribution in [0.15, 0.2) is 6.33 Å². The molecule has 3 rings (SSSR count). The molecular formula is C12H14F3N3. The van der Waals surface area contributed by atoms with E-state index in [0.29, 0.717) is 5.82 Å². The van der Waals surface area contributed by atoms with E-state index in [1.54, 1.807) is 0 Å². The lowest BCUT2D eigenvalue weighted by atomic mass is 9.96. The van der Waals surface area contributed by atoms with Crippen LogP contribution in [0, 0.1) is 0 Å².